The predicted molar refractivity (Wildman–Crippen MR) is 59.6 cm³/mol. The minimum atomic E-state index is -0.713. The number of aromatic nitrogens is 1. The van der Waals surface area contributed by atoms with Crippen LogP contribution in [0.4, 0.5) is 0 Å². The maximum atomic E-state index is 10.5. The summed E-state index contributed by atoms with van der Waals surface area (Å²) in [6, 6.07) is 4.36. The molecule has 0 aromatic carbocycles. The first-order chi connectivity index (χ1) is 7.01. The topological polar surface area (TPSA) is 36.4 Å². The third-order valence-electron chi connectivity index (χ3n) is 3.35. The van der Waals surface area contributed by atoms with Crippen molar-refractivity contribution in [2.45, 2.75) is 31.9 Å². The van der Waals surface area contributed by atoms with E-state index in [1.54, 1.807) is 6.20 Å². The quantitative estimate of drug-likeness (QED) is 0.752. The smallest absolute Gasteiger partial charge is 0.105 e. The molecule has 1 aliphatic rings. The Labute approximate surface area is 90.8 Å². The summed E-state index contributed by atoms with van der Waals surface area (Å²) in [7, 11) is 2.05. The molecule has 1 fully saturated rings. The summed E-state index contributed by atoms with van der Waals surface area (Å²) in [5.41, 5.74) is 1.21. The maximum Gasteiger partial charge on any atom is 0.105 e. The Kier molecular flexibility index (Phi) is 2.52. The van der Waals surface area contributed by atoms with E-state index in [2.05, 4.69) is 16.8 Å². The van der Waals surface area contributed by atoms with Crippen LogP contribution in [0.15, 0.2) is 18.3 Å². The Balaban J connectivity index is 2.27. The molecule has 3 heteroatoms. The maximum absolute atomic E-state index is 10.5. The summed E-state index contributed by atoms with van der Waals surface area (Å²) in [5, 5.41) is 10.5. The summed E-state index contributed by atoms with van der Waals surface area (Å²) < 4.78 is 0. The van der Waals surface area contributed by atoms with Crippen LogP contribution in [0.5, 0.6) is 0 Å². The Bertz CT molecular complexity index is 337. The van der Waals surface area contributed by atoms with Gasteiger partial charge in [-0.3, -0.25) is 4.98 Å². The molecule has 15 heavy (non-hydrogen) atoms. The minimum absolute atomic E-state index is 0.427. The molecule has 82 valence electrons. The highest BCUT2D eigenvalue weighted by molar-refractivity contribution is 5.23. The average molecular weight is 206 g/mol. The highest BCUT2D eigenvalue weighted by atomic mass is 16.3. The van der Waals surface area contributed by atoms with Crippen molar-refractivity contribution < 1.29 is 5.11 Å². The highest BCUT2D eigenvalue weighted by Crippen LogP contribution is 2.34. The van der Waals surface area contributed by atoms with Gasteiger partial charge in [0.2, 0.25) is 0 Å². The van der Waals surface area contributed by atoms with Gasteiger partial charge < -0.3 is 10.0 Å². The molecule has 1 saturated heterocycles. The first-order valence-corrected chi connectivity index (χ1v) is 5.37. The van der Waals surface area contributed by atoms with Crippen LogP contribution >= 0.6 is 0 Å². The van der Waals surface area contributed by atoms with E-state index < -0.39 is 5.60 Å². The van der Waals surface area contributed by atoms with E-state index in [-0.39, 0.29) is 0 Å². The zero-order chi connectivity index (χ0) is 11.1. The lowest BCUT2D eigenvalue weighted by Gasteiger charge is -2.22. The van der Waals surface area contributed by atoms with Gasteiger partial charge in [-0.15, -0.1) is 0 Å². The van der Waals surface area contributed by atoms with E-state index >= 15 is 0 Å². The summed E-state index contributed by atoms with van der Waals surface area (Å²) >= 11 is 0. The third kappa shape index (κ3) is 1.90. The van der Waals surface area contributed by atoms with Gasteiger partial charge in [-0.2, -0.15) is 0 Å². The first-order valence-electron chi connectivity index (χ1n) is 5.37. The molecule has 0 aliphatic carbocycles. The number of pyridine rings is 1. The third-order valence-corrected chi connectivity index (χ3v) is 3.35. The fraction of sp³-hybridized carbons (Fsp3) is 0.583. The van der Waals surface area contributed by atoms with Crippen molar-refractivity contribution in [3.8, 4) is 0 Å². The molecular weight excluding hydrogens is 188 g/mol. The van der Waals surface area contributed by atoms with E-state index in [0.29, 0.717) is 12.6 Å². The lowest BCUT2D eigenvalue weighted by atomic mass is 9.93. The molecular formula is C12H18N2O. The molecule has 3 nitrogen and oxygen atoms in total. The Morgan fingerprint density at radius 3 is 2.73 bits per heavy atom. The molecule has 0 radical (unpaired) electrons. The molecule has 1 N–H and O–H groups in total. The largest absolute Gasteiger partial charge is 0.384 e. The van der Waals surface area contributed by atoms with Crippen LogP contribution < -0.4 is 0 Å². The molecule has 2 atom stereocenters. The normalized spacial score (nSPS) is 32.1. The molecule has 2 rings (SSSR count). The van der Waals surface area contributed by atoms with Crippen LogP contribution in [0.25, 0.3) is 0 Å². The molecule has 0 bridgehead atoms. The Morgan fingerprint density at radius 1 is 1.53 bits per heavy atom. The highest BCUT2D eigenvalue weighted by Gasteiger charge is 2.40. The van der Waals surface area contributed by atoms with Crippen molar-refractivity contribution in [1.29, 1.82) is 0 Å². The second-order valence-electron chi connectivity index (χ2n) is 4.69. The Hall–Kier alpha value is -0.930. The summed E-state index contributed by atoms with van der Waals surface area (Å²) in [4.78, 5) is 6.42. The number of likely N-dealkylation sites (N-methyl/N-ethyl adjacent to an activating group) is 1. The second-order valence-corrected chi connectivity index (χ2v) is 4.69. The van der Waals surface area contributed by atoms with Crippen LogP contribution in [0, 0.1) is 6.92 Å². The van der Waals surface area contributed by atoms with Crippen LogP contribution in [-0.2, 0) is 5.60 Å². The molecule has 2 unspecified atom stereocenters. The fourth-order valence-corrected chi connectivity index (χ4v) is 2.23. The number of β-amino-alcohol motifs (C(OH)–C–C–N with tert-alkyl or cyclic N) is 1. The average Bonchev–Trinajstić information content (AvgIpc) is 2.43. The van der Waals surface area contributed by atoms with Gasteiger partial charge in [0.25, 0.3) is 0 Å². The summed E-state index contributed by atoms with van der Waals surface area (Å²) in [6.45, 7) is 4.79. The zero-order valence-corrected chi connectivity index (χ0v) is 9.57. The lowest BCUT2D eigenvalue weighted by molar-refractivity contribution is 0.0482. The number of hydrogen-bond donors (Lipinski definition) is 1. The molecule has 0 spiro atoms. The van der Waals surface area contributed by atoms with Gasteiger partial charge in [0.1, 0.15) is 5.60 Å². The lowest BCUT2D eigenvalue weighted by Crippen LogP contribution is -2.29. The van der Waals surface area contributed by atoms with Crippen molar-refractivity contribution in [1.82, 2.24) is 9.88 Å². The van der Waals surface area contributed by atoms with Gasteiger partial charge in [-0.05, 0) is 33.4 Å². The molecule has 1 aromatic rings. The van der Waals surface area contributed by atoms with Gasteiger partial charge in [0, 0.05) is 30.0 Å². The van der Waals surface area contributed by atoms with Gasteiger partial charge in [0.15, 0.2) is 0 Å². The molecule has 2 heterocycles. The van der Waals surface area contributed by atoms with Crippen molar-refractivity contribution in [2.75, 3.05) is 13.6 Å². The second kappa shape index (κ2) is 3.58. The van der Waals surface area contributed by atoms with E-state index in [1.807, 2.05) is 26.1 Å². The number of aliphatic hydroxyl groups is 1. The SMILES string of the molecule is Cc1ccc(C2(O)CC(C)N(C)C2)cn1. The van der Waals surface area contributed by atoms with Crippen molar-refractivity contribution in [3.63, 3.8) is 0 Å². The summed E-state index contributed by atoms with van der Waals surface area (Å²) in [6.07, 6.45) is 2.58. The van der Waals surface area contributed by atoms with Gasteiger partial charge >= 0.3 is 0 Å². The standard InChI is InChI=1S/C12H18N2O/c1-9-4-5-11(7-13-9)12(15)6-10(2)14(3)8-12/h4-5,7,10,15H,6,8H2,1-3H3. The molecule has 1 aromatic heterocycles. The number of likely N-dealkylation sites (tertiary alicyclic amines) is 1. The number of aryl methyl sites for hydroxylation is 1. The van der Waals surface area contributed by atoms with Crippen LogP contribution in [0.2, 0.25) is 0 Å². The van der Waals surface area contributed by atoms with E-state index in [0.717, 1.165) is 17.7 Å². The molecule has 1 aliphatic heterocycles. The van der Waals surface area contributed by atoms with Crippen LogP contribution in [0.3, 0.4) is 0 Å². The van der Waals surface area contributed by atoms with E-state index in [9.17, 15) is 5.11 Å². The minimum Gasteiger partial charge on any atom is -0.384 e. The predicted octanol–water partition coefficient (Wildman–Crippen LogP) is 1.30. The Morgan fingerprint density at radius 2 is 2.27 bits per heavy atom. The van der Waals surface area contributed by atoms with Gasteiger partial charge in [0.05, 0.1) is 0 Å². The van der Waals surface area contributed by atoms with Gasteiger partial charge in [-0.25, -0.2) is 0 Å². The number of hydrogen-bond acceptors (Lipinski definition) is 3. The first kappa shape index (κ1) is 10.6. The fourth-order valence-electron chi connectivity index (χ4n) is 2.23. The van der Waals surface area contributed by atoms with E-state index in [4.69, 9.17) is 0 Å². The van der Waals surface area contributed by atoms with E-state index in [1.165, 1.54) is 0 Å². The number of rotatable bonds is 1. The number of nitrogens with zero attached hydrogens (tertiary/aromatic N) is 2. The monoisotopic (exact) mass is 206 g/mol. The van der Waals surface area contributed by atoms with Crippen LogP contribution in [-0.4, -0.2) is 34.6 Å². The van der Waals surface area contributed by atoms with Crippen molar-refractivity contribution >= 4 is 0 Å². The zero-order valence-electron chi connectivity index (χ0n) is 9.57. The molecule has 0 saturated carbocycles. The summed E-state index contributed by atoms with van der Waals surface area (Å²) in [5.74, 6) is 0. The van der Waals surface area contributed by atoms with Crippen molar-refractivity contribution in [3.05, 3.63) is 29.6 Å². The van der Waals surface area contributed by atoms with Gasteiger partial charge in [-0.1, -0.05) is 6.07 Å². The van der Waals surface area contributed by atoms with Crippen LogP contribution in [0.1, 0.15) is 24.6 Å². The van der Waals surface area contributed by atoms with Crippen molar-refractivity contribution in [2.24, 2.45) is 0 Å². The molecule has 0 amide bonds.